The van der Waals surface area contributed by atoms with Gasteiger partial charge in [-0.3, -0.25) is 0 Å². The van der Waals surface area contributed by atoms with Gasteiger partial charge in [0.05, 0.1) is 5.41 Å². The number of alkyl halides is 5. The van der Waals surface area contributed by atoms with Gasteiger partial charge >= 0.3 is 6.36 Å². The molecule has 1 atom stereocenters. The lowest BCUT2D eigenvalue weighted by Gasteiger charge is -2.26. The summed E-state index contributed by atoms with van der Waals surface area (Å²) in [6, 6.07) is 17.2. The number of allylic oxidation sites excluding steroid dienone is 2. The molecule has 174 valence electrons. The summed E-state index contributed by atoms with van der Waals surface area (Å²) >= 11 is 0. The van der Waals surface area contributed by atoms with Crippen LogP contribution in [0.5, 0.6) is 17.2 Å². The Bertz CT molecular complexity index is 1080. The maximum absolute atomic E-state index is 14.1. The third-order valence-corrected chi connectivity index (χ3v) is 4.95. The molecular formula is C25H20F6O2. The summed E-state index contributed by atoms with van der Waals surface area (Å²) in [7, 11) is 0. The molecule has 3 aromatic carbocycles. The van der Waals surface area contributed by atoms with E-state index in [0.717, 1.165) is 12.1 Å². The van der Waals surface area contributed by atoms with Gasteiger partial charge in [0.1, 0.15) is 11.5 Å². The van der Waals surface area contributed by atoms with E-state index in [1.165, 1.54) is 49.4 Å². The molecule has 8 heteroatoms. The largest absolute Gasteiger partial charge is 0.573 e. The predicted octanol–water partition coefficient (Wildman–Crippen LogP) is 7.84. The number of halogens is 6. The monoisotopic (exact) mass is 466 g/mol. The Morgan fingerprint density at radius 2 is 1.55 bits per heavy atom. The quantitative estimate of drug-likeness (QED) is 0.249. The van der Waals surface area contributed by atoms with Crippen LogP contribution in [-0.4, -0.2) is 12.8 Å². The standard InChI is InChI=1S/C25H20F6O2/c1-24(23(27)28,18-10-12-20(13-11-18)33-25(29,30)31)15-5-6-17-9-14-21(26)22(16-17)32-19-7-3-2-4-8-19/h2-5,7-16,23H,6H2,1H3/b15-5+. The summed E-state index contributed by atoms with van der Waals surface area (Å²) in [6.07, 6.45) is -4.69. The first-order chi connectivity index (χ1) is 15.6. The maximum atomic E-state index is 14.1. The smallest absolute Gasteiger partial charge is 0.454 e. The summed E-state index contributed by atoms with van der Waals surface area (Å²) in [5.74, 6) is -0.606. The van der Waals surface area contributed by atoms with E-state index in [1.807, 2.05) is 0 Å². The number of hydrogen-bond donors (Lipinski definition) is 0. The molecule has 0 fully saturated rings. The van der Waals surface area contributed by atoms with Crippen LogP contribution < -0.4 is 9.47 Å². The van der Waals surface area contributed by atoms with Crippen molar-refractivity contribution in [3.05, 3.63) is 102 Å². The van der Waals surface area contributed by atoms with Crippen molar-refractivity contribution in [3.8, 4) is 17.2 Å². The molecule has 0 saturated heterocycles. The topological polar surface area (TPSA) is 18.5 Å². The summed E-state index contributed by atoms with van der Waals surface area (Å²) in [5.41, 5.74) is -1.00. The van der Waals surface area contributed by atoms with E-state index >= 15 is 0 Å². The van der Waals surface area contributed by atoms with Crippen LogP contribution >= 0.6 is 0 Å². The SMILES string of the molecule is CC(/C=C/Cc1ccc(F)c(Oc2ccccc2)c1)(c1ccc(OC(F)(F)F)cc1)C(F)F. The lowest BCUT2D eigenvalue weighted by molar-refractivity contribution is -0.274. The molecule has 33 heavy (non-hydrogen) atoms. The molecule has 3 aromatic rings. The van der Waals surface area contributed by atoms with Gasteiger partial charge in [0.15, 0.2) is 11.6 Å². The number of benzene rings is 3. The van der Waals surface area contributed by atoms with Crippen molar-refractivity contribution in [2.24, 2.45) is 0 Å². The van der Waals surface area contributed by atoms with Crippen LogP contribution in [0.3, 0.4) is 0 Å². The molecule has 0 N–H and O–H groups in total. The number of ether oxygens (including phenoxy) is 2. The fraction of sp³-hybridized carbons (Fsp3) is 0.200. The second-order valence-corrected chi connectivity index (χ2v) is 7.44. The molecule has 0 amide bonds. The molecule has 0 radical (unpaired) electrons. The molecule has 1 unspecified atom stereocenters. The normalized spacial score (nSPS) is 13.8. The summed E-state index contributed by atoms with van der Waals surface area (Å²) < 4.78 is 88.2. The van der Waals surface area contributed by atoms with Crippen molar-refractivity contribution >= 4 is 0 Å². The van der Waals surface area contributed by atoms with Crippen LogP contribution in [0.1, 0.15) is 18.1 Å². The van der Waals surface area contributed by atoms with Crippen LogP contribution in [0.4, 0.5) is 26.3 Å². The van der Waals surface area contributed by atoms with Gasteiger partial charge in [0.2, 0.25) is 0 Å². The van der Waals surface area contributed by atoms with E-state index in [1.54, 1.807) is 30.3 Å². The van der Waals surface area contributed by atoms with Crippen LogP contribution in [0.2, 0.25) is 0 Å². The van der Waals surface area contributed by atoms with Crippen LogP contribution in [0.15, 0.2) is 84.9 Å². The molecule has 3 rings (SSSR count). The van der Waals surface area contributed by atoms with E-state index in [9.17, 15) is 26.3 Å². The van der Waals surface area contributed by atoms with Crippen molar-refractivity contribution in [2.45, 2.75) is 31.5 Å². The summed E-state index contributed by atoms with van der Waals surface area (Å²) in [4.78, 5) is 0. The van der Waals surface area contributed by atoms with Crippen LogP contribution in [-0.2, 0) is 11.8 Å². The van der Waals surface area contributed by atoms with E-state index in [4.69, 9.17) is 4.74 Å². The summed E-state index contributed by atoms with van der Waals surface area (Å²) in [6.45, 7) is 1.28. The van der Waals surface area contributed by atoms with Crippen molar-refractivity contribution < 1.29 is 35.8 Å². The Labute approximate surface area is 187 Å². The molecule has 0 aliphatic heterocycles. The Morgan fingerprint density at radius 1 is 0.879 bits per heavy atom. The minimum absolute atomic E-state index is 0.00368. The number of hydrogen-bond acceptors (Lipinski definition) is 2. The minimum Gasteiger partial charge on any atom is -0.454 e. The highest BCUT2D eigenvalue weighted by Crippen LogP contribution is 2.34. The Kier molecular flexibility index (Phi) is 7.36. The first-order valence-corrected chi connectivity index (χ1v) is 9.90. The Morgan fingerprint density at radius 3 is 2.15 bits per heavy atom. The van der Waals surface area contributed by atoms with Crippen molar-refractivity contribution in [2.75, 3.05) is 0 Å². The zero-order chi connectivity index (χ0) is 24.1. The van der Waals surface area contributed by atoms with Gasteiger partial charge in [-0.05, 0) is 60.9 Å². The molecule has 0 aliphatic carbocycles. The fourth-order valence-corrected chi connectivity index (χ4v) is 3.12. The Balaban J connectivity index is 1.75. The first kappa shape index (κ1) is 24.2. The first-order valence-electron chi connectivity index (χ1n) is 9.90. The zero-order valence-corrected chi connectivity index (χ0v) is 17.5. The molecule has 0 aromatic heterocycles. The van der Waals surface area contributed by atoms with Gasteiger partial charge in [-0.15, -0.1) is 13.2 Å². The van der Waals surface area contributed by atoms with E-state index in [0.29, 0.717) is 11.3 Å². The summed E-state index contributed by atoms with van der Waals surface area (Å²) in [5, 5.41) is 0. The number of para-hydroxylation sites is 1. The molecule has 2 nitrogen and oxygen atoms in total. The third-order valence-electron chi connectivity index (χ3n) is 4.95. The minimum atomic E-state index is -4.87. The van der Waals surface area contributed by atoms with Crippen molar-refractivity contribution in [1.29, 1.82) is 0 Å². The second-order valence-electron chi connectivity index (χ2n) is 7.44. The van der Waals surface area contributed by atoms with E-state index in [2.05, 4.69) is 4.74 Å². The van der Waals surface area contributed by atoms with Gasteiger partial charge in [0.25, 0.3) is 6.43 Å². The van der Waals surface area contributed by atoms with Crippen LogP contribution in [0, 0.1) is 5.82 Å². The molecule has 0 aliphatic rings. The zero-order valence-electron chi connectivity index (χ0n) is 17.5. The van der Waals surface area contributed by atoms with E-state index in [-0.39, 0.29) is 17.7 Å². The highest BCUT2D eigenvalue weighted by atomic mass is 19.4. The third kappa shape index (κ3) is 6.54. The fourth-order valence-electron chi connectivity index (χ4n) is 3.12. The number of rotatable bonds is 8. The molecule has 0 saturated carbocycles. The molecule has 0 heterocycles. The highest BCUT2D eigenvalue weighted by molar-refractivity contribution is 5.38. The lowest BCUT2D eigenvalue weighted by atomic mass is 9.82. The second kappa shape index (κ2) is 10.0. The van der Waals surface area contributed by atoms with Gasteiger partial charge in [-0.25, -0.2) is 13.2 Å². The van der Waals surface area contributed by atoms with Gasteiger partial charge < -0.3 is 9.47 Å². The Hall–Kier alpha value is -3.42. The average molecular weight is 466 g/mol. The van der Waals surface area contributed by atoms with E-state index < -0.39 is 29.8 Å². The average Bonchev–Trinajstić information content (AvgIpc) is 2.76. The molecule has 0 spiro atoms. The van der Waals surface area contributed by atoms with Gasteiger partial charge in [0, 0.05) is 0 Å². The predicted molar refractivity (Wildman–Crippen MR) is 112 cm³/mol. The molecular weight excluding hydrogens is 446 g/mol. The lowest BCUT2D eigenvalue weighted by Crippen LogP contribution is -2.28. The van der Waals surface area contributed by atoms with Crippen LogP contribution in [0.25, 0.3) is 0 Å². The van der Waals surface area contributed by atoms with Gasteiger partial charge in [-0.1, -0.05) is 48.6 Å². The molecule has 0 bridgehead atoms. The van der Waals surface area contributed by atoms with Crippen molar-refractivity contribution in [1.82, 2.24) is 0 Å². The van der Waals surface area contributed by atoms with Gasteiger partial charge in [-0.2, -0.15) is 0 Å². The highest BCUT2D eigenvalue weighted by Gasteiger charge is 2.35. The van der Waals surface area contributed by atoms with Crippen molar-refractivity contribution in [3.63, 3.8) is 0 Å². The maximum Gasteiger partial charge on any atom is 0.573 e.